The van der Waals surface area contributed by atoms with Crippen molar-refractivity contribution >= 4 is 11.9 Å². The Kier molecular flexibility index (Phi) is 4.20. The van der Waals surface area contributed by atoms with Crippen LogP contribution in [0.2, 0.25) is 0 Å². The van der Waals surface area contributed by atoms with Gasteiger partial charge in [-0.05, 0) is 30.4 Å². The zero-order valence-corrected chi connectivity index (χ0v) is 11.1. The van der Waals surface area contributed by atoms with Crippen LogP contribution in [0.15, 0.2) is 24.3 Å². The second kappa shape index (κ2) is 5.87. The Morgan fingerprint density at radius 2 is 1.89 bits per heavy atom. The molecule has 1 aliphatic carbocycles. The van der Waals surface area contributed by atoms with E-state index in [9.17, 15) is 9.59 Å². The van der Waals surface area contributed by atoms with Crippen LogP contribution in [0.3, 0.4) is 0 Å². The maximum absolute atomic E-state index is 12.1. The highest BCUT2D eigenvalue weighted by molar-refractivity contribution is 5.81. The third kappa shape index (κ3) is 3.13. The number of benzene rings is 1. The summed E-state index contributed by atoms with van der Waals surface area (Å²) >= 11 is 0. The lowest BCUT2D eigenvalue weighted by atomic mass is 10.0. The molecule has 1 aromatic carbocycles. The van der Waals surface area contributed by atoms with Crippen LogP contribution < -0.4 is 5.32 Å². The van der Waals surface area contributed by atoms with Gasteiger partial charge in [-0.1, -0.05) is 31.2 Å². The van der Waals surface area contributed by atoms with E-state index in [2.05, 4.69) is 17.4 Å². The fraction of sp³-hybridized carbons (Fsp3) is 0.467. The Balaban J connectivity index is 1.88. The molecule has 102 valence electrons. The van der Waals surface area contributed by atoms with Crippen LogP contribution in [0.4, 0.5) is 0 Å². The molecule has 1 atom stereocenters. The van der Waals surface area contributed by atoms with Crippen LogP contribution in [0.5, 0.6) is 0 Å². The maximum Gasteiger partial charge on any atom is 0.308 e. The smallest absolute Gasteiger partial charge is 0.308 e. The third-order valence-corrected chi connectivity index (χ3v) is 3.79. The van der Waals surface area contributed by atoms with Gasteiger partial charge in [0.05, 0.1) is 5.92 Å². The number of nitrogens with one attached hydrogen (secondary N) is 1. The van der Waals surface area contributed by atoms with Gasteiger partial charge in [0, 0.05) is 12.5 Å². The third-order valence-electron chi connectivity index (χ3n) is 3.79. The lowest BCUT2D eigenvalue weighted by Gasteiger charge is -2.14. The SMILES string of the molecule is CCC(CNC(=O)C1Cc2ccccc2C1)C(=O)O. The van der Waals surface area contributed by atoms with Crippen molar-refractivity contribution in [2.24, 2.45) is 11.8 Å². The van der Waals surface area contributed by atoms with Crippen LogP contribution in [0.25, 0.3) is 0 Å². The van der Waals surface area contributed by atoms with Gasteiger partial charge in [0.2, 0.25) is 5.91 Å². The van der Waals surface area contributed by atoms with Gasteiger partial charge in [-0.2, -0.15) is 0 Å². The Morgan fingerprint density at radius 3 is 2.37 bits per heavy atom. The predicted molar refractivity (Wildman–Crippen MR) is 71.8 cm³/mol. The molecule has 0 spiro atoms. The molecule has 0 aliphatic heterocycles. The number of hydrogen-bond acceptors (Lipinski definition) is 2. The van der Waals surface area contributed by atoms with Crippen molar-refractivity contribution in [3.63, 3.8) is 0 Å². The van der Waals surface area contributed by atoms with Gasteiger partial charge in [-0.15, -0.1) is 0 Å². The number of carbonyl (C=O) groups is 2. The van der Waals surface area contributed by atoms with E-state index >= 15 is 0 Å². The second-order valence-electron chi connectivity index (χ2n) is 5.06. The summed E-state index contributed by atoms with van der Waals surface area (Å²) in [7, 11) is 0. The predicted octanol–water partition coefficient (Wildman–Crippen LogP) is 1.63. The van der Waals surface area contributed by atoms with Crippen LogP contribution in [-0.2, 0) is 22.4 Å². The molecular formula is C15H19NO3. The number of carboxylic acids is 1. The Labute approximate surface area is 112 Å². The fourth-order valence-electron chi connectivity index (χ4n) is 2.52. The van der Waals surface area contributed by atoms with Gasteiger partial charge in [-0.25, -0.2) is 0 Å². The van der Waals surface area contributed by atoms with Crippen LogP contribution in [0, 0.1) is 11.8 Å². The maximum atomic E-state index is 12.1. The number of amides is 1. The number of carboxylic acid groups (broad SMARTS) is 1. The molecule has 4 heteroatoms. The van der Waals surface area contributed by atoms with Gasteiger partial charge in [0.25, 0.3) is 0 Å². The normalized spacial score (nSPS) is 15.8. The molecule has 4 nitrogen and oxygen atoms in total. The molecule has 0 saturated carbocycles. The minimum Gasteiger partial charge on any atom is -0.481 e. The van der Waals surface area contributed by atoms with Gasteiger partial charge in [0.15, 0.2) is 0 Å². The fourth-order valence-corrected chi connectivity index (χ4v) is 2.52. The van der Waals surface area contributed by atoms with E-state index in [1.54, 1.807) is 0 Å². The molecule has 0 bridgehead atoms. The van der Waals surface area contributed by atoms with E-state index in [1.165, 1.54) is 11.1 Å². The molecule has 0 heterocycles. The largest absolute Gasteiger partial charge is 0.481 e. The minimum absolute atomic E-state index is 0.0316. The Bertz CT molecular complexity index is 459. The van der Waals surface area contributed by atoms with Crippen molar-refractivity contribution in [3.05, 3.63) is 35.4 Å². The first-order chi connectivity index (χ1) is 9.11. The number of carbonyl (C=O) groups excluding carboxylic acids is 1. The highest BCUT2D eigenvalue weighted by Crippen LogP contribution is 2.26. The van der Waals surface area contributed by atoms with Crippen LogP contribution in [0.1, 0.15) is 24.5 Å². The Morgan fingerprint density at radius 1 is 1.32 bits per heavy atom. The second-order valence-corrected chi connectivity index (χ2v) is 5.06. The van der Waals surface area contributed by atoms with E-state index in [4.69, 9.17) is 5.11 Å². The van der Waals surface area contributed by atoms with Crippen molar-refractivity contribution in [1.82, 2.24) is 5.32 Å². The zero-order chi connectivity index (χ0) is 13.8. The van der Waals surface area contributed by atoms with Crippen molar-refractivity contribution in [1.29, 1.82) is 0 Å². The highest BCUT2D eigenvalue weighted by Gasteiger charge is 2.27. The summed E-state index contributed by atoms with van der Waals surface area (Å²) in [6.07, 6.45) is 2.04. The van der Waals surface area contributed by atoms with E-state index in [1.807, 2.05) is 19.1 Å². The quantitative estimate of drug-likeness (QED) is 0.846. The summed E-state index contributed by atoms with van der Waals surface area (Å²) in [5, 5.41) is 11.7. The Hall–Kier alpha value is -1.84. The lowest BCUT2D eigenvalue weighted by molar-refractivity contribution is -0.141. The van der Waals surface area contributed by atoms with Crippen molar-refractivity contribution in [2.45, 2.75) is 26.2 Å². The first-order valence-electron chi connectivity index (χ1n) is 6.69. The molecule has 1 aromatic rings. The first-order valence-corrected chi connectivity index (χ1v) is 6.69. The average molecular weight is 261 g/mol. The molecule has 0 aromatic heterocycles. The molecular weight excluding hydrogens is 242 g/mol. The monoisotopic (exact) mass is 261 g/mol. The van der Waals surface area contributed by atoms with Crippen molar-refractivity contribution < 1.29 is 14.7 Å². The number of fused-ring (bicyclic) bond motifs is 1. The van der Waals surface area contributed by atoms with Crippen molar-refractivity contribution in [2.75, 3.05) is 6.54 Å². The van der Waals surface area contributed by atoms with Crippen LogP contribution >= 0.6 is 0 Å². The van der Waals surface area contributed by atoms with Gasteiger partial charge >= 0.3 is 5.97 Å². The molecule has 2 N–H and O–H groups in total. The summed E-state index contributed by atoms with van der Waals surface area (Å²) in [5.41, 5.74) is 2.46. The summed E-state index contributed by atoms with van der Waals surface area (Å²) < 4.78 is 0. The van der Waals surface area contributed by atoms with E-state index in [-0.39, 0.29) is 18.4 Å². The highest BCUT2D eigenvalue weighted by atomic mass is 16.4. The minimum atomic E-state index is -0.850. The lowest BCUT2D eigenvalue weighted by Crippen LogP contribution is -2.36. The number of aliphatic carboxylic acids is 1. The number of hydrogen-bond donors (Lipinski definition) is 2. The van der Waals surface area contributed by atoms with Gasteiger partial charge < -0.3 is 10.4 Å². The van der Waals surface area contributed by atoms with E-state index in [0.717, 1.165) is 12.8 Å². The standard InChI is InChI=1S/C15H19NO3/c1-2-10(15(18)19)9-16-14(17)13-7-11-5-3-4-6-12(11)8-13/h3-6,10,13H,2,7-9H2,1H3,(H,16,17)(H,18,19). The van der Waals surface area contributed by atoms with Crippen molar-refractivity contribution in [3.8, 4) is 0 Å². The molecule has 19 heavy (non-hydrogen) atoms. The van der Waals surface area contributed by atoms with Gasteiger partial charge in [-0.3, -0.25) is 9.59 Å². The van der Waals surface area contributed by atoms with Crippen LogP contribution in [-0.4, -0.2) is 23.5 Å². The summed E-state index contributed by atoms with van der Waals surface area (Å²) in [6, 6.07) is 8.07. The van der Waals surface area contributed by atoms with E-state index < -0.39 is 11.9 Å². The summed E-state index contributed by atoms with van der Waals surface area (Å²) in [6.45, 7) is 2.04. The molecule has 2 rings (SSSR count). The zero-order valence-electron chi connectivity index (χ0n) is 11.1. The number of rotatable bonds is 5. The van der Waals surface area contributed by atoms with E-state index in [0.29, 0.717) is 6.42 Å². The average Bonchev–Trinajstić information content (AvgIpc) is 2.82. The molecule has 0 saturated heterocycles. The van der Waals surface area contributed by atoms with Gasteiger partial charge in [0.1, 0.15) is 0 Å². The summed E-state index contributed by atoms with van der Waals surface area (Å²) in [4.78, 5) is 22.9. The topological polar surface area (TPSA) is 66.4 Å². The molecule has 1 amide bonds. The summed E-state index contributed by atoms with van der Waals surface area (Å²) in [5.74, 6) is -1.43. The molecule has 1 unspecified atom stereocenters. The molecule has 0 fully saturated rings. The molecule has 1 aliphatic rings. The molecule has 0 radical (unpaired) electrons. The first kappa shape index (κ1) is 13.6.